The van der Waals surface area contributed by atoms with E-state index in [1.54, 1.807) is 0 Å². The highest BCUT2D eigenvalue weighted by Gasteiger charge is 2.30. The molecule has 0 spiro atoms. The minimum Gasteiger partial charge on any atom is -0.462 e. The normalized spacial score (nSPS) is 14.1. The van der Waals surface area contributed by atoms with Crippen LogP contribution in [0.15, 0.2) is 0 Å². The lowest BCUT2D eigenvalue weighted by molar-refractivity contribution is -0.161. The molecule has 0 aromatic heterocycles. The molecule has 0 amide bonds. The lowest BCUT2D eigenvalue weighted by Gasteiger charge is -2.21. The molecule has 3 unspecified atom stereocenters. The van der Waals surface area contributed by atoms with Crippen molar-refractivity contribution < 1.29 is 80.2 Å². The van der Waals surface area contributed by atoms with E-state index in [-0.39, 0.29) is 25.7 Å². The number of ether oxygens (including phenoxy) is 4. The Morgan fingerprint density at radius 1 is 0.283 bits per heavy atom. The van der Waals surface area contributed by atoms with Crippen molar-refractivity contribution in [2.24, 2.45) is 5.92 Å². The lowest BCUT2D eigenvalue weighted by Crippen LogP contribution is -2.30. The van der Waals surface area contributed by atoms with Gasteiger partial charge in [0.1, 0.15) is 19.3 Å². The molecule has 3 N–H and O–H groups in total. The fraction of sp³-hybridized carbons (Fsp3) is 0.950. The number of carbonyl (C=O) groups excluding carboxylic acids is 4. The number of phosphoric acid groups is 2. The van der Waals surface area contributed by atoms with Gasteiger partial charge in [-0.15, -0.1) is 0 Å². The molecule has 99 heavy (non-hydrogen) atoms. The van der Waals surface area contributed by atoms with Gasteiger partial charge in [-0.25, -0.2) is 9.13 Å². The Bertz CT molecular complexity index is 1890. The minimum atomic E-state index is -4.96. The van der Waals surface area contributed by atoms with Crippen LogP contribution in [0.2, 0.25) is 0 Å². The Morgan fingerprint density at radius 3 is 0.717 bits per heavy atom. The first kappa shape index (κ1) is 97.1. The predicted molar refractivity (Wildman–Crippen MR) is 405 cm³/mol. The molecule has 0 aliphatic rings. The third-order valence-corrected chi connectivity index (χ3v) is 21.0. The molecule has 0 heterocycles. The summed E-state index contributed by atoms with van der Waals surface area (Å²) in [5.41, 5.74) is 0. The molecule has 0 radical (unpaired) electrons. The van der Waals surface area contributed by atoms with Crippen LogP contribution in [0.4, 0.5) is 0 Å². The zero-order valence-corrected chi connectivity index (χ0v) is 66.4. The Balaban J connectivity index is 5.20. The SMILES string of the molecule is CCCCCCCCCCCCCCCCCCCCCCCC(=O)O[C@H](COC(=O)CCCCCCCCCCCCCCCCCCC)COP(=O)(O)OC[C@@H](O)COP(=O)(O)OC[C@@H](COC(=O)CCCCCCCCCCC)OC(=O)CCCCCCCCCCC(C)CC. The maximum atomic E-state index is 13.1. The molecule has 0 fully saturated rings. The summed E-state index contributed by atoms with van der Waals surface area (Å²) in [5.74, 6) is -1.34. The van der Waals surface area contributed by atoms with Crippen molar-refractivity contribution >= 4 is 39.5 Å². The largest absolute Gasteiger partial charge is 0.472 e. The van der Waals surface area contributed by atoms with Crippen LogP contribution in [0.25, 0.3) is 0 Å². The predicted octanol–water partition coefficient (Wildman–Crippen LogP) is 24.0. The molecule has 19 heteroatoms. The van der Waals surface area contributed by atoms with E-state index in [4.69, 9.17) is 37.0 Å². The molecule has 6 atom stereocenters. The molecule has 0 saturated carbocycles. The first-order chi connectivity index (χ1) is 48.1. The smallest absolute Gasteiger partial charge is 0.462 e. The number of hydrogen-bond donors (Lipinski definition) is 3. The minimum absolute atomic E-state index is 0.105. The van der Waals surface area contributed by atoms with Gasteiger partial charge in [-0.05, 0) is 31.6 Å². The molecule has 0 aliphatic heterocycles. The van der Waals surface area contributed by atoms with Gasteiger partial charge in [-0.1, -0.05) is 375 Å². The fourth-order valence-electron chi connectivity index (χ4n) is 12.4. The van der Waals surface area contributed by atoms with Crippen LogP contribution in [-0.4, -0.2) is 96.7 Å². The van der Waals surface area contributed by atoms with Crippen LogP contribution in [0.3, 0.4) is 0 Å². The van der Waals surface area contributed by atoms with Crippen molar-refractivity contribution in [3.05, 3.63) is 0 Å². The molecule has 0 aromatic carbocycles. The highest BCUT2D eigenvalue weighted by atomic mass is 31.2. The number of unbranched alkanes of at least 4 members (excludes halogenated alkanes) is 51. The highest BCUT2D eigenvalue weighted by molar-refractivity contribution is 7.47. The third-order valence-electron chi connectivity index (χ3n) is 19.1. The quantitative estimate of drug-likeness (QED) is 0.0222. The number of rotatable bonds is 80. The van der Waals surface area contributed by atoms with Gasteiger partial charge < -0.3 is 33.8 Å². The average Bonchev–Trinajstić information content (AvgIpc) is 2.48. The maximum Gasteiger partial charge on any atom is 0.472 e. The monoisotopic (exact) mass is 1450 g/mol. The van der Waals surface area contributed by atoms with Crippen LogP contribution in [-0.2, 0) is 65.4 Å². The molecule has 588 valence electrons. The second kappa shape index (κ2) is 73.0. The van der Waals surface area contributed by atoms with E-state index in [0.717, 1.165) is 95.8 Å². The molecule has 0 aromatic rings. The number of phosphoric ester groups is 2. The summed E-state index contributed by atoms with van der Waals surface area (Å²) >= 11 is 0. The standard InChI is InChI=1S/C80H156O17P2/c1-6-10-13-16-19-22-24-26-28-30-31-32-33-35-37-39-41-44-50-55-60-65-79(84)96-75(70-91-78(83)64-59-54-49-43-40-38-36-34-29-27-25-23-20-17-14-11-7-2)71-94-98(86,87)92-67-74(81)68-93-99(88,89)95-72-76(69-90-77(82)63-58-53-48-42-21-18-15-12-8-3)97-80(85)66-61-56-51-46-45-47-52-57-62-73(5)9-4/h73-76,81H,6-72H2,1-5H3,(H,86,87)(H,88,89)/t73?,74-,75-,76-/m1/s1. The first-order valence-corrected chi connectivity index (χ1v) is 44.7. The lowest BCUT2D eigenvalue weighted by atomic mass is 9.99. The number of aliphatic hydroxyl groups excluding tert-OH is 1. The van der Waals surface area contributed by atoms with E-state index in [1.165, 1.54) is 250 Å². The van der Waals surface area contributed by atoms with Gasteiger partial charge in [0, 0.05) is 25.7 Å². The van der Waals surface area contributed by atoms with Crippen LogP contribution in [0, 0.1) is 5.92 Å². The van der Waals surface area contributed by atoms with Gasteiger partial charge in [0.25, 0.3) is 0 Å². The Kier molecular flexibility index (Phi) is 71.6. The average molecular weight is 1450 g/mol. The van der Waals surface area contributed by atoms with Crippen molar-refractivity contribution in [1.82, 2.24) is 0 Å². The van der Waals surface area contributed by atoms with Crippen molar-refractivity contribution in [3.63, 3.8) is 0 Å². The van der Waals surface area contributed by atoms with Gasteiger partial charge >= 0.3 is 39.5 Å². The Labute approximate surface area is 607 Å². The molecular formula is C80H156O17P2. The highest BCUT2D eigenvalue weighted by Crippen LogP contribution is 2.45. The second-order valence-corrected chi connectivity index (χ2v) is 32.0. The molecule has 0 rings (SSSR count). The summed E-state index contributed by atoms with van der Waals surface area (Å²) in [6.45, 7) is 7.30. The summed E-state index contributed by atoms with van der Waals surface area (Å²) in [7, 11) is -9.91. The Morgan fingerprint density at radius 2 is 0.485 bits per heavy atom. The molecule has 0 saturated heterocycles. The summed E-state index contributed by atoms with van der Waals surface area (Å²) in [6, 6.07) is 0. The van der Waals surface area contributed by atoms with E-state index < -0.39 is 97.5 Å². The summed E-state index contributed by atoms with van der Waals surface area (Å²) < 4.78 is 68.6. The van der Waals surface area contributed by atoms with Gasteiger partial charge in [-0.2, -0.15) is 0 Å². The molecular weight excluding hydrogens is 1290 g/mol. The number of esters is 4. The topological polar surface area (TPSA) is 237 Å². The maximum absolute atomic E-state index is 13.1. The van der Waals surface area contributed by atoms with Gasteiger partial charge in [-0.3, -0.25) is 37.3 Å². The van der Waals surface area contributed by atoms with E-state index >= 15 is 0 Å². The van der Waals surface area contributed by atoms with E-state index in [0.29, 0.717) is 25.7 Å². The van der Waals surface area contributed by atoms with Gasteiger partial charge in [0.15, 0.2) is 12.2 Å². The Hall–Kier alpha value is -1.94. The van der Waals surface area contributed by atoms with Crippen molar-refractivity contribution in [2.75, 3.05) is 39.6 Å². The van der Waals surface area contributed by atoms with E-state index in [1.807, 2.05) is 0 Å². The summed E-state index contributed by atoms with van der Waals surface area (Å²) in [5, 5.41) is 10.6. The van der Waals surface area contributed by atoms with Crippen LogP contribution in [0.1, 0.15) is 426 Å². The molecule has 17 nitrogen and oxygen atoms in total. The van der Waals surface area contributed by atoms with Crippen LogP contribution < -0.4 is 0 Å². The third kappa shape index (κ3) is 72.8. The van der Waals surface area contributed by atoms with E-state index in [2.05, 4.69) is 34.6 Å². The summed E-state index contributed by atoms with van der Waals surface area (Å²) in [4.78, 5) is 72.9. The van der Waals surface area contributed by atoms with Crippen LogP contribution >= 0.6 is 15.6 Å². The van der Waals surface area contributed by atoms with E-state index in [9.17, 15) is 43.2 Å². The van der Waals surface area contributed by atoms with Crippen molar-refractivity contribution in [1.29, 1.82) is 0 Å². The fourth-order valence-corrected chi connectivity index (χ4v) is 14.0. The van der Waals surface area contributed by atoms with Gasteiger partial charge in [0.2, 0.25) is 0 Å². The molecule has 0 bridgehead atoms. The summed E-state index contributed by atoms with van der Waals surface area (Å²) in [6.07, 6.45) is 63.9. The zero-order valence-electron chi connectivity index (χ0n) is 64.6. The van der Waals surface area contributed by atoms with Crippen LogP contribution in [0.5, 0.6) is 0 Å². The number of hydrogen-bond acceptors (Lipinski definition) is 15. The molecule has 0 aliphatic carbocycles. The number of aliphatic hydroxyl groups is 1. The van der Waals surface area contributed by atoms with Gasteiger partial charge in [0.05, 0.1) is 26.4 Å². The second-order valence-electron chi connectivity index (χ2n) is 29.1. The zero-order chi connectivity index (χ0) is 72.7. The number of carbonyl (C=O) groups is 4. The first-order valence-electron chi connectivity index (χ1n) is 41.7. The van der Waals surface area contributed by atoms with Crippen molar-refractivity contribution in [3.8, 4) is 0 Å². The van der Waals surface area contributed by atoms with Crippen molar-refractivity contribution in [2.45, 2.75) is 445 Å².